The van der Waals surface area contributed by atoms with E-state index in [0.29, 0.717) is 13.2 Å². The molecule has 0 aliphatic rings. The molecule has 0 saturated heterocycles. The molecule has 164 valence electrons. The lowest BCUT2D eigenvalue weighted by atomic mass is 10.0. The van der Waals surface area contributed by atoms with E-state index >= 15 is 0 Å². The number of unbranched alkanes of at least 4 members (excludes halogenated alkanes) is 2. The maximum absolute atomic E-state index is 10.6. The van der Waals surface area contributed by atoms with Gasteiger partial charge in [0, 0.05) is 17.8 Å². The summed E-state index contributed by atoms with van der Waals surface area (Å²) in [4.78, 5) is 8.72. The fourth-order valence-corrected chi connectivity index (χ4v) is 3.55. The quantitative estimate of drug-likeness (QED) is 0.302. The molecule has 1 N–H and O–H groups in total. The molecule has 1 unspecified atom stereocenters. The first-order valence-corrected chi connectivity index (χ1v) is 11.1. The standard InChI is InChI=1S/C27H28N2O3/c30-27(12-5-2-6-17-31-24-9-3-1-4-10-24)21-8-7-11-25(18-21)32-20-23-14-13-22-19-28-16-15-26(22)29-23/h1,3-4,7-11,13-16,18-19,27,30H,2,5-6,12,17,20H2. The van der Waals surface area contributed by atoms with Crippen molar-refractivity contribution in [2.45, 2.75) is 38.4 Å². The van der Waals surface area contributed by atoms with E-state index in [1.807, 2.05) is 72.8 Å². The smallest absolute Gasteiger partial charge is 0.130 e. The molecule has 1 atom stereocenters. The van der Waals surface area contributed by atoms with Crippen LogP contribution in [0.25, 0.3) is 10.9 Å². The van der Waals surface area contributed by atoms with E-state index in [0.717, 1.165) is 59.3 Å². The Hall–Kier alpha value is -3.44. The normalized spacial score (nSPS) is 11.9. The fraction of sp³-hybridized carbons (Fsp3) is 0.259. The fourth-order valence-electron chi connectivity index (χ4n) is 3.55. The molecular formula is C27H28N2O3. The van der Waals surface area contributed by atoms with Gasteiger partial charge in [-0.15, -0.1) is 0 Å². The zero-order valence-electron chi connectivity index (χ0n) is 18.1. The second-order valence-electron chi connectivity index (χ2n) is 7.76. The Bertz CT molecular complexity index is 1120. The Kier molecular flexibility index (Phi) is 7.66. The van der Waals surface area contributed by atoms with Gasteiger partial charge in [0.25, 0.3) is 0 Å². The molecule has 0 spiro atoms. The summed E-state index contributed by atoms with van der Waals surface area (Å²) in [6.45, 7) is 1.07. The zero-order chi connectivity index (χ0) is 22.0. The van der Waals surface area contributed by atoms with Gasteiger partial charge in [0.05, 0.1) is 23.9 Å². The molecule has 5 nitrogen and oxygen atoms in total. The van der Waals surface area contributed by atoms with Crippen LogP contribution in [-0.4, -0.2) is 21.7 Å². The number of hydrogen-bond donors (Lipinski definition) is 1. The third kappa shape index (κ3) is 6.28. The zero-order valence-corrected chi connectivity index (χ0v) is 18.1. The summed E-state index contributed by atoms with van der Waals surface area (Å²) in [6.07, 6.45) is 6.69. The van der Waals surface area contributed by atoms with E-state index in [1.165, 1.54) is 0 Å². The van der Waals surface area contributed by atoms with E-state index in [4.69, 9.17) is 9.47 Å². The number of aromatic nitrogens is 2. The topological polar surface area (TPSA) is 64.5 Å². The first kappa shape index (κ1) is 21.8. The number of nitrogens with zero attached hydrogens (tertiary/aromatic N) is 2. The van der Waals surface area contributed by atoms with Gasteiger partial charge in [-0.25, -0.2) is 4.98 Å². The van der Waals surface area contributed by atoms with Gasteiger partial charge in [-0.05, 0) is 67.3 Å². The molecule has 0 saturated carbocycles. The molecule has 2 heterocycles. The molecule has 0 aliphatic carbocycles. The lowest BCUT2D eigenvalue weighted by Crippen LogP contribution is -2.02. The minimum Gasteiger partial charge on any atom is -0.494 e. The summed E-state index contributed by atoms with van der Waals surface area (Å²) in [5.74, 6) is 1.63. The summed E-state index contributed by atoms with van der Waals surface area (Å²) in [7, 11) is 0. The molecule has 0 radical (unpaired) electrons. The number of aliphatic hydroxyl groups is 1. The molecule has 0 aliphatic heterocycles. The van der Waals surface area contributed by atoms with Crippen molar-refractivity contribution in [2.75, 3.05) is 6.61 Å². The van der Waals surface area contributed by atoms with Crippen molar-refractivity contribution in [2.24, 2.45) is 0 Å². The predicted molar refractivity (Wildman–Crippen MR) is 126 cm³/mol. The Labute approximate surface area is 188 Å². The Morgan fingerprint density at radius 2 is 1.69 bits per heavy atom. The summed E-state index contributed by atoms with van der Waals surface area (Å²) in [5.41, 5.74) is 2.63. The van der Waals surface area contributed by atoms with E-state index < -0.39 is 6.10 Å². The Morgan fingerprint density at radius 3 is 2.59 bits per heavy atom. The number of rotatable bonds is 11. The average Bonchev–Trinajstić information content (AvgIpc) is 2.85. The lowest BCUT2D eigenvalue weighted by molar-refractivity contribution is 0.161. The summed E-state index contributed by atoms with van der Waals surface area (Å²) < 4.78 is 11.6. The summed E-state index contributed by atoms with van der Waals surface area (Å²) >= 11 is 0. The number of benzene rings is 2. The van der Waals surface area contributed by atoms with E-state index in [1.54, 1.807) is 12.4 Å². The first-order chi connectivity index (χ1) is 15.8. The Morgan fingerprint density at radius 1 is 0.812 bits per heavy atom. The van der Waals surface area contributed by atoms with Crippen molar-refractivity contribution in [1.82, 2.24) is 9.97 Å². The summed E-state index contributed by atoms with van der Waals surface area (Å²) in [6, 6.07) is 23.4. The highest BCUT2D eigenvalue weighted by Crippen LogP contribution is 2.24. The van der Waals surface area contributed by atoms with Crippen LogP contribution in [0.5, 0.6) is 11.5 Å². The highest BCUT2D eigenvalue weighted by Gasteiger charge is 2.09. The van der Waals surface area contributed by atoms with Crippen LogP contribution in [0.2, 0.25) is 0 Å². The minimum absolute atomic E-state index is 0.374. The van der Waals surface area contributed by atoms with Gasteiger partial charge in [-0.2, -0.15) is 0 Å². The molecule has 0 amide bonds. The van der Waals surface area contributed by atoms with Gasteiger partial charge >= 0.3 is 0 Å². The van der Waals surface area contributed by atoms with Crippen LogP contribution in [0.15, 0.2) is 85.2 Å². The highest BCUT2D eigenvalue weighted by molar-refractivity contribution is 5.77. The number of hydrogen-bond acceptors (Lipinski definition) is 5. The molecule has 4 aromatic rings. The van der Waals surface area contributed by atoms with Crippen LogP contribution in [0.3, 0.4) is 0 Å². The molecule has 2 aromatic heterocycles. The van der Waals surface area contributed by atoms with Crippen molar-refractivity contribution in [1.29, 1.82) is 0 Å². The van der Waals surface area contributed by atoms with Crippen LogP contribution >= 0.6 is 0 Å². The van der Waals surface area contributed by atoms with Crippen molar-refractivity contribution in [3.8, 4) is 11.5 Å². The minimum atomic E-state index is -0.500. The van der Waals surface area contributed by atoms with E-state index in [9.17, 15) is 5.11 Å². The number of para-hydroxylation sites is 1. The van der Waals surface area contributed by atoms with Crippen molar-refractivity contribution >= 4 is 10.9 Å². The maximum atomic E-state index is 10.6. The van der Waals surface area contributed by atoms with Crippen molar-refractivity contribution in [3.05, 3.63) is 96.4 Å². The third-order valence-electron chi connectivity index (χ3n) is 5.31. The van der Waals surface area contributed by atoms with Crippen LogP contribution in [0.1, 0.15) is 43.0 Å². The van der Waals surface area contributed by atoms with Crippen LogP contribution < -0.4 is 9.47 Å². The molecule has 0 fully saturated rings. The van der Waals surface area contributed by atoms with Gasteiger partial charge in [-0.3, -0.25) is 4.98 Å². The molecule has 5 heteroatoms. The molecular weight excluding hydrogens is 400 g/mol. The SMILES string of the molecule is OC(CCCCCOc1ccccc1)c1cccc(OCc2ccc3cnccc3n2)c1. The number of pyridine rings is 2. The monoisotopic (exact) mass is 428 g/mol. The van der Waals surface area contributed by atoms with Crippen LogP contribution in [0.4, 0.5) is 0 Å². The Balaban J connectivity index is 1.21. The van der Waals surface area contributed by atoms with Crippen LogP contribution in [0, 0.1) is 0 Å². The molecule has 4 rings (SSSR count). The van der Waals surface area contributed by atoms with Gasteiger partial charge in [0.15, 0.2) is 0 Å². The number of fused-ring (bicyclic) bond motifs is 1. The van der Waals surface area contributed by atoms with Gasteiger partial charge in [0.2, 0.25) is 0 Å². The molecule has 0 bridgehead atoms. The highest BCUT2D eigenvalue weighted by atomic mass is 16.5. The molecule has 32 heavy (non-hydrogen) atoms. The summed E-state index contributed by atoms with van der Waals surface area (Å²) in [5, 5.41) is 11.6. The molecule has 2 aromatic carbocycles. The third-order valence-corrected chi connectivity index (χ3v) is 5.31. The maximum Gasteiger partial charge on any atom is 0.130 e. The van der Waals surface area contributed by atoms with Crippen molar-refractivity contribution < 1.29 is 14.6 Å². The average molecular weight is 429 g/mol. The van der Waals surface area contributed by atoms with Crippen molar-refractivity contribution in [3.63, 3.8) is 0 Å². The van der Waals surface area contributed by atoms with Gasteiger partial charge in [0.1, 0.15) is 18.1 Å². The van der Waals surface area contributed by atoms with Gasteiger partial charge < -0.3 is 14.6 Å². The second kappa shape index (κ2) is 11.3. The van der Waals surface area contributed by atoms with Crippen LogP contribution in [-0.2, 0) is 6.61 Å². The number of ether oxygens (including phenoxy) is 2. The predicted octanol–water partition coefficient (Wildman–Crippen LogP) is 5.88. The first-order valence-electron chi connectivity index (χ1n) is 11.1. The van der Waals surface area contributed by atoms with E-state index in [2.05, 4.69) is 9.97 Å². The van der Waals surface area contributed by atoms with E-state index in [-0.39, 0.29) is 0 Å². The number of aliphatic hydroxyl groups excluding tert-OH is 1. The lowest BCUT2D eigenvalue weighted by Gasteiger charge is -2.13. The largest absolute Gasteiger partial charge is 0.494 e. The second-order valence-corrected chi connectivity index (χ2v) is 7.76. The van der Waals surface area contributed by atoms with Gasteiger partial charge in [-0.1, -0.05) is 36.8 Å².